The van der Waals surface area contributed by atoms with Gasteiger partial charge < -0.3 is 5.73 Å². The number of nitrogens with two attached hydrogens (primary N) is 1. The van der Waals surface area contributed by atoms with Gasteiger partial charge in [-0.3, -0.25) is 4.68 Å². The summed E-state index contributed by atoms with van der Waals surface area (Å²) in [5.41, 5.74) is 7.33. The molecule has 0 unspecified atom stereocenters. The smallest absolute Gasteiger partial charge is 0.102 e. The molecule has 1 aromatic heterocycles. The first-order valence-electron chi connectivity index (χ1n) is 4.67. The molecule has 0 radical (unpaired) electrons. The van der Waals surface area contributed by atoms with Gasteiger partial charge in [0.05, 0.1) is 0 Å². The van der Waals surface area contributed by atoms with E-state index in [0.29, 0.717) is 12.2 Å². The number of benzene rings is 1. The van der Waals surface area contributed by atoms with E-state index in [1.165, 1.54) is 0 Å². The van der Waals surface area contributed by atoms with Crippen molar-refractivity contribution in [3.05, 3.63) is 48.3 Å². The number of para-hydroxylation sites is 1. The van der Waals surface area contributed by atoms with E-state index < -0.39 is 0 Å². The molecule has 0 spiro atoms. The fourth-order valence-corrected chi connectivity index (χ4v) is 1.22. The molecular formula is C12H11N3. The number of aromatic nitrogens is 2. The Morgan fingerprint density at radius 2 is 2.13 bits per heavy atom. The number of nitrogen functional groups attached to an aromatic ring is 1. The summed E-state index contributed by atoms with van der Waals surface area (Å²) in [7, 11) is 0. The molecule has 0 aliphatic carbocycles. The first kappa shape index (κ1) is 9.35. The highest BCUT2D eigenvalue weighted by Gasteiger charge is 1.90. The second-order valence-corrected chi connectivity index (χ2v) is 3.09. The minimum absolute atomic E-state index is 0.585. The molecule has 0 atom stereocenters. The number of rotatable bonds is 1. The van der Waals surface area contributed by atoms with Crippen LogP contribution in [0.15, 0.2) is 42.7 Å². The van der Waals surface area contributed by atoms with Crippen LogP contribution in [0.4, 0.5) is 5.69 Å². The van der Waals surface area contributed by atoms with E-state index in [0.717, 1.165) is 5.56 Å². The zero-order chi connectivity index (χ0) is 10.5. The SMILES string of the molecule is Nc1ccccc1C#CCn1cccn1. The summed E-state index contributed by atoms with van der Waals surface area (Å²) in [4.78, 5) is 0. The van der Waals surface area contributed by atoms with Crippen LogP contribution in [0.1, 0.15) is 5.56 Å². The summed E-state index contributed by atoms with van der Waals surface area (Å²) in [5, 5.41) is 4.05. The quantitative estimate of drug-likeness (QED) is 0.556. The zero-order valence-electron chi connectivity index (χ0n) is 8.22. The minimum atomic E-state index is 0.585. The summed E-state index contributed by atoms with van der Waals surface area (Å²) < 4.78 is 1.77. The van der Waals surface area contributed by atoms with E-state index in [2.05, 4.69) is 16.9 Å². The first-order chi connectivity index (χ1) is 7.36. The van der Waals surface area contributed by atoms with Crippen molar-refractivity contribution < 1.29 is 0 Å². The van der Waals surface area contributed by atoms with Crippen LogP contribution in [0.25, 0.3) is 0 Å². The van der Waals surface area contributed by atoms with Gasteiger partial charge in [-0.15, -0.1) is 0 Å². The van der Waals surface area contributed by atoms with Crippen molar-refractivity contribution in [1.29, 1.82) is 0 Å². The molecule has 2 rings (SSSR count). The lowest BCUT2D eigenvalue weighted by Gasteiger charge is -1.95. The molecule has 0 saturated heterocycles. The molecule has 0 bridgehead atoms. The molecule has 74 valence electrons. The van der Waals surface area contributed by atoms with E-state index in [1.807, 2.05) is 36.5 Å². The van der Waals surface area contributed by atoms with Crippen molar-refractivity contribution in [3.63, 3.8) is 0 Å². The normalized spacial score (nSPS) is 9.33. The predicted octanol–water partition coefficient (Wildman–Crippen LogP) is 1.52. The maximum Gasteiger partial charge on any atom is 0.102 e. The Balaban J connectivity index is 2.09. The van der Waals surface area contributed by atoms with Gasteiger partial charge in [0.2, 0.25) is 0 Å². The van der Waals surface area contributed by atoms with Crippen LogP contribution in [0.5, 0.6) is 0 Å². The van der Waals surface area contributed by atoms with E-state index in [-0.39, 0.29) is 0 Å². The highest BCUT2D eigenvalue weighted by atomic mass is 15.3. The molecule has 15 heavy (non-hydrogen) atoms. The lowest BCUT2D eigenvalue weighted by atomic mass is 10.2. The van der Waals surface area contributed by atoms with Crippen LogP contribution in [0.3, 0.4) is 0 Å². The van der Waals surface area contributed by atoms with Crippen LogP contribution in [0, 0.1) is 11.8 Å². The van der Waals surface area contributed by atoms with Gasteiger partial charge in [-0.2, -0.15) is 5.10 Å². The van der Waals surface area contributed by atoms with E-state index in [4.69, 9.17) is 5.73 Å². The Hall–Kier alpha value is -2.21. The summed E-state index contributed by atoms with van der Waals surface area (Å²) in [5.74, 6) is 6.03. The van der Waals surface area contributed by atoms with Crippen molar-refractivity contribution >= 4 is 5.69 Å². The molecule has 0 saturated carbocycles. The third-order valence-corrected chi connectivity index (χ3v) is 1.98. The van der Waals surface area contributed by atoms with Crippen molar-refractivity contribution in [3.8, 4) is 11.8 Å². The maximum absolute atomic E-state index is 5.76. The van der Waals surface area contributed by atoms with E-state index in [9.17, 15) is 0 Å². The molecule has 0 fully saturated rings. The summed E-state index contributed by atoms with van der Waals surface area (Å²) in [6.07, 6.45) is 3.61. The highest BCUT2D eigenvalue weighted by Crippen LogP contribution is 2.07. The third kappa shape index (κ3) is 2.38. The summed E-state index contributed by atoms with van der Waals surface area (Å²) >= 11 is 0. The zero-order valence-corrected chi connectivity index (χ0v) is 8.22. The van der Waals surface area contributed by atoms with E-state index >= 15 is 0 Å². The van der Waals surface area contributed by atoms with Crippen molar-refractivity contribution in [2.75, 3.05) is 5.73 Å². The van der Waals surface area contributed by atoms with E-state index in [1.54, 1.807) is 10.9 Å². The molecule has 1 aromatic carbocycles. The number of hydrogen-bond donors (Lipinski definition) is 1. The topological polar surface area (TPSA) is 43.8 Å². The summed E-state index contributed by atoms with van der Waals surface area (Å²) in [6.45, 7) is 0.585. The average molecular weight is 197 g/mol. The minimum Gasteiger partial charge on any atom is -0.398 e. The first-order valence-corrected chi connectivity index (χ1v) is 4.67. The Labute approximate surface area is 88.5 Å². The van der Waals surface area contributed by atoms with Crippen molar-refractivity contribution in [1.82, 2.24) is 9.78 Å². The highest BCUT2D eigenvalue weighted by molar-refractivity contribution is 5.55. The van der Waals surface area contributed by atoms with Gasteiger partial charge in [0, 0.05) is 23.6 Å². The predicted molar refractivity (Wildman–Crippen MR) is 60.0 cm³/mol. The monoisotopic (exact) mass is 197 g/mol. The number of nitrogens with zero attached hydrogens (tertiary/aromatic N) is 2. The number of anilines is 1. The second kappa shape index (κ2) is 4.34. The average Bonchev–Trinajstić information content (AvgIpc) is 2.74. The Kier molecular flexibility index (Phi) is 2.70. The van der Waals surface area contributed by atoms with Gasteiger partial charge in [0.25, 0.3) is 0 Å². The van der Waals surface area contributed by atoms with Crippen molar-refractivity contribution in [2.24, 2.45) is 0 Å². The largest absolute Gasteiger partial charge is 0.398 e. The molecular weight excluding hydrogens is 186 g/mol. The maximum atomic E-state index is 5.76. The molecule has 0 amide bonds. The van der Waals surface area contributed by atoms with Gasteiger partial charge in [0.1, 0.15) is 6.54 Å². The molecule has 0 aliphatic heterocycles. The van der Waals surface area contributed by atoms with Crippen molar-refractivity contribution in [2.45, 2.75) is 6.54 Å². The molecule has 3 nitrogen and oxygen atoms in total. The molecule has 1 heterocycles. The lowest BCUT2D eigenvalue weighted by Crippen LogP contribution is -1.95. The third-order valence-electron chi connectivity index (χ3n) is 1.98. The molecule has 3 heteroatoms. The lowest BCUT2D eigenvalue weighted by molar-refractivity contribution is 0.715. The van der Waals surface area contributed by atoms with Gasteiger partial charge in [-0.05, 0) is 18.2 Å². The van der Waals surface area contributed by atoms with Crippen LogP contribution < -0.4 is 5.73 Å². The second-order valence-electron chi connectivity index (χ2n) is 3.09. The molecule has 2 aromatic rings. The van der Waals surface area contributed by atoms with Crippen LogP contribution in [-0.4, -0.2) is 9.78 Å². The van der Waals surface area contributed by atoms with Crippen LogP contribution >= 0.6 is 0 Å². The van der Waals surface area contributed by atoms with Crippen LogP contribution in [0.2, 0.25) is 0 Å². The fraction of sp³-hybridized carbons (Fsp3) is 0.0833. The number of hydrogen-bond acceptors (Lipinski definition) is 2. The molecule has 0 aliphatic rings. The molecule has 2 N–H and O–H groups in total. The Morgan fingerprint density at radius 3 is 2.87 bits per heavy atom. The van der Waals surface area contributed by atoms with Gasteiger partial charge >= 0.3 is 0 Å². The van der Waals surface area contributed by atoms with Crippen LogP contribution in [-0.2, 0) is 6.54 Å². The van der Waals surface area contributed by atoms with Gasteiger partial charge in [-0.1, -0.05) is 24.0 Å². The Morgan fingerprint density at radius 1 is 1.27 bits per heavy atom. The Bertz CT molecular complexity index is 489. The standard InChI is InChI=1S/C12H11N3/c13-12-7-2-1-5-11(12)6-3-9-15-10-4-8-14-15/h1-2,4-5,7-8,10H,9,13H2. The summed E-state index contributed by atoms with van der Waals surface area (Å²) in [6, 6.07) is 9.45. The van der Waals surface area contributed by atoms with Gasteiger partial charge in [0.15, 0.2) is 0 Å². The fourth-order valence-electron chi connectivity index (χ4n) is 1.22. The van der Waals surface area contributed by atoms with Gasteiger partial charge in [-0.25, -0.2) is 0 Å².